The molecule has 1 heterocycles. The molecule has 2 aromatic rings. The minimum atomic E-state index is -1.00. The van der Waals surface area contributed by atoms with Gasteiger partial charge in [0.15, 0.2) is 0 Å². The first-order valence-electron chi connectivity index (χ1n) is 8.06. The fraction of sp³-hybridized carbons (Fsp3) is 0.412. The average Bonchev–Trinajstić information content (AvgIpc) is 2.99. The van der Waals surface area contributed by atoms with Crippen molar-refractivity contribution >= 4 is 11.9 Å². The van der Waals surface area contributed by atoms with Crippen LogP contribution in [-0.4, -0.2) is 38.6 Å². The number of rotatable bonds is 9. The van der Waals surface area contributed by atoms with E-state index < -0.39 is 5.97 Å². The van der Waals surface area contributed by atoms with Crippen LogP contribution in [0.4, 0.5) is 0 Å². The highest BCUT2D eigenvalue weighted by Gasteiger charge is 2.08. The van der Waals surface area contributed by atoms with Crippen molar-refractivity contribution in [2.24, 2.45) is 5.92 Å². The number of aromatic nitrogens is 3. The highest BCUT2D eigenvalue weighted by Crippen LogP contribution is 2.13. The smallest absolute Gasteiger partial charge is 0.325 e. The molecule has 0 saturated heterocycles. The molecule has 0 spiro atoms. The fourth-order valence-corrected chi connectivity index (χ4v) is 2.02. The normalized spacial score (nSPS) is 10.7. The zero-order valence-electron chi connectivity index (χ0n) is 14.3. The minimum Gasteiger partial charge on any atom is -0.494 e. The Hall–Kier alpha value is -2.90. The van der Waals surface area contributed by atoms with Crippen molar-refractivity contribution < 1.29 is 19.4 Å². The van der Waals surface area contributed by atoms with Crippen molar-refractivity contribution in [1.82, 2.24) is 20.3 Å². The fourth-order valence-electron chi connectivity index (χ4n) is 2.02. The lowest BCUT2D eigenvalue weighted by Crippen LogP contribution is -2.22. The second kappa shape index (κ2) is 8.81. The Morgan fingerprint density at radius 2 is 2.00 bits per heavy atom. The van der Waals surface area contributed by atoms with E-state index in [0.717, 1.165) is 12.2 Å². The predicted octanol–water partition coefficient (Wildman–Crippen LogP) is 1.72. The quantitative estimate of drug-likeness (QED) is 0.716. The number of nitrogens with one attached hydrogen (secondary N) is 1. The van der Waals surface area contributed by atoms with Crippen LogP contribution in [0.5, 0.6) is 5.75 Å². The van der Waals surface area contributed by atoms with E-state index in [0.29, 0.717) is 23.8 Å². The SMILES string of the molecule is CC(C)CCOc1ccc(C(=O)NCc2cn(CC(=O)O)nn2)cc1. The first-order chi connectivity index (χ1) is 11.9. The van der Waals surface area contributed by atoms with Gasteiger partial charge in [-0.15, -0.1) is 5.10 Å². The molecule has 8 nitrogen and oxygen atoms in total. The summed E-state index contributed by atoms with van der Waals surface area (Å²) < 4.78 is 6.82. The van der Waals surface area contributed by atoms with Gasteiger partial charge in [-0.25, -0.2) is 4.68 Å². The van der Waals surface area contributed by atoms with Gasteiger partial charge in [0.25, 0.3) is 5.91 Å². The number of hydrogen-bond donors (Lipinski definition) is 2. The number of carboxylic acid groups (broad SMARTS) is 1. The molecule has 0 aliphatic carbocycles. The maximum absolute atomic E-state index is 12.1. The van der Waals surface area contributed by atoms with E-state index in [9.17, 15) is 9.59 Å². The van der Waals surface area contributed by atoms with Gasteiger partial charge in [0.05, 0.1) is 19.3 Å². The zero-order valence-corrected chi connectivity index (χ0v) is 14.3. The van der Waals surface area contributed by atoms with Crippen LogP contribution in [0, 0.1) is 5.92 Å². The number of benzene rings is 1. The van der Waals surface area contributed by atoms with Crippen LogP contribution in [0.25, 0.3) is 0 Å². The second-order valence-corrected chi connectivity index (χ2v) is 6.04. The third kappa shape index (κ3) is 6.25. The number of nitrogens with zero attached hydrogens (tertiary/aromatic N) is 3. The predicted molar refractivity (Wildman–Crippen MR) is 90.2 cm³/mol. The van der Waals surface area contributed by atoms with Crippen molar-refractivity contribution in [3.05, 3.63) is 41.7 Å². The van der Waals surface area contributed by atoms with Gasteiger partial charge in [0.1, 0.15) is 18.0 Å². The molecule has 0 aliphatic heterocycles. The Balaban J connectivity index is 1.82. The molecule has 0 bridgehead atoms. The maximum Gasteiger partial charge on any atom is 0.325 e. The Morgan fingerprint density at radius 1 is 1.28 bits per heavy atom. The number of hydrogen-bond acceptors (Lipinski definition) is 5. The lowest BCUT2D eigenvalue weighted by molar-refractivity contribution is -0.137. The van der Waals surface area contributed by atoms with Gasteiger partial charge in [-0.05, 0) is 36.6 Å². The molecule has 1 aromatic heterocycles. The van der Waals surface area contributed by atoms with Crippen molar-refractivity contribution in [2.75, 3.05) is 6.61 Å². The minimum absolute atomic E-state index is 0.172. The van der Waals surface area contributed by atoms with Gasteiger partial charge in [0.2, 0.25) is 0 Å². The van der Waals surface area contributed by atoms with Crippen LogP contribution in [0.2, 0.25) is 0 Å². The van der Waals surface area contributed by atoms with E-state index >= 15 is 0 Å². The largest absolute Gasteiger partial charge is 0.494 e. The average molecular weight is 346 g/mol. The van der Waals surface area contributed by atoms with Crippen LogP contribution in [0.3, 0.4) is 0 Å². The Morgan fingerprint density at radius 3 is 2.64 bits per heavy atom. The van der Waals surface area contributed by atoms with Gasteiger partial charge < -0.3 is 15.2 Å². The highest BCUT2D eigenvalue weighted by atomic mass is 16.5. The molecule has 1 amide bonds. The summed E-state index contributed by atoms with van der Waals surface area (Å²) in [6.07, 6.45) is 2.46. The first-order valence-corrected chi connectivity index (χ1v) is 8.06. The number of ether oxygens (including phenoxy) is 1. The third-order valence-corrected chi connectivity index (χ3v) is 3.39. The molecule has 134 valence electrons. The molecule has 0 radical (unpaired) electrons. The summed E-state index contributed by atoms with van der Waals surface area (Å²) in [4.78, 5) is 22.7. The summed E-state index contributed by atoms with van der Waals surface area (Å²) in [5.41, 5.74) is 0.998. The van der Waals surface area contributed by atoms with E-state index in [1.807, 2.05) is 0 Å². The van der Waals surface area contributed by atoms with Crippen LogP contribution < -0.4 is 10.1 Å². The van der Waals surface area contributed by atoms with Crippen molar-refractivity contribution in [3.8, 4) is 5.75 Å². The van der Waals surface area contributed by atoms with Crippen LogP contribution >= 0.6 is 0 Å². The number of carboxylic acids is 1. The van der Waals surface area contributed by atoms with E-state index in [4.69, 9.17) is 9.84 Å². The van der Waals surface area contributed by atoms with E-state index in [2.05, 4.69) is 29.5 Å². The van der Waals surface area contributed by atoms with Crippen LogP contribution in [-0.2, 0) is 17.9 Å². The summed E-state index contributed by atoms with van der Waals surface area (Å²) >= 11 is 0. The van der Waals surface area contributed by atoms with E-state index in [1.165, 1.54) is 10.9 Å². The number of amides is 1. The van der Waals surface area contributed by atoms with Crippen molar-refractivity contribution in [3.63, 3.8) is 0 Å². The Kier molecular flexibility index (Phi) is 6.50. The maximum atomic E-state index is 12.1. The molecular weight excluding hydrogens is 324 g/mol. The number of carbonyl (C=O) groups is 2. The Labute approximate surface area is 145 Å². The molecule has 8 heteroatoms. The van der Waals surface area contributed by atoms with E-state index in [1.54, 1.807) is 24.3 Å². The van der Waals surface area contributed by atoms with Crippen LogP contribution in [0.1, 0.15) is 36.3 Å². The first kappa shape index (κ1) is 18.4. The van der Waals surface area contributed by atoms with Gasteiger partial charge >= 0.3 is 5.97 Å². The standard InChI is InChI=1S/C17H22N4O4/c1-12(2)7-8-25-15-5-3-13(4-6-15)17(24)18-9-14-10-21(20-19-14)11-16(22)23/h3-6,10,12H,7-9,11H2,1-2H3,(H,18,24)(H,22,23). The van der Waals surface area contributed by atoms with Gasteiger partial charge in [-0.3, -0.25) is 9.59 Å². The van der Waals surface area contributed by atoms with Crippen LogP contribution in [0.15, 0.2) is 30.5 Å². The Bertz CT molecular complexity index is 710. The molecule has 0 aliphatic rings. The van der Waals surface area contributed by atoms with Gasteiger partial charge in [0, 0.05) is 5.56 Å². The summed E-state index contributed by atoms with van der Waals surface area (Å²) in [6, 6.07) is 6.92. The summed E-state index contributed by atoms with van der Waals surface area (Å²) in [5, 5.41) is 18.9. The lowest BCUT2D eigenvalue weighted by Gasteiger charge is -2.09. The molecule has 1 aromatic carbocycles. The number of aliphatic carboxylic acids is 1. The van der Waals surface area contributed by atoms with Gasteiger partial charge in [-0.2, -0.15) is 0 Å². The zero-order chi connectivity index (χ0) is 18.2. The molecule has 0 atom stereocenters. The summed E-state index contributed by atoms with van der Waals surface area (Å²) in [5.74, 6) is 0.0602. The third-order valence-electron chi connectivity index (χ3n) is 3.39. The number of carbonyl (C=O) groups excluding carboxylic acids is 1. The topological polar surface area (TPSA) is 106 Å². The van der Waals surface area contributed by atoms with Gasteiger partial charge in [-0.1, -0.05) is 19.1 Å². The molecule has 0 unspecified atom stereocenters. The molecule has 2 N–H and O–H groups in total. The lowest BCUT2D eigenvalue weighted by atomic mass is 10.1. The van der Waals surface area contributed by atoms with Crippen molar-refractivity contribution in [2.45, 2.75) is 33.4 Å². The monoisotopic (exact) mass is 346 g/mol. The highest BCUT2D eigenvalue weighted by molar-refractivity contribution is 5.94. The molecule has 0 fully saturated rings. The summed E-state index contributed by atoms with van der Waals surface area (Å²) in [6.45, 7) is 4.83. The van der Waals surface area contributed by atoms with E-state index in [-0.39, 0.29) is 19.0 Å². The van der Waals surface area contributed by atoms with Crippen molar-refractivity contribution in [1.29, 1.82) is 0 Å². The molecule has 2 rings (SSSR count). The molecular formula is C17H22N4O4. The second-order valence-electron chi connectivity index (χ2n) is 6.04. The summed E-state index contributed by atoms with van der Waals surface area (Å²) in [7, 11) is 0. The molecule has 0 saturated carbocycles. The molecule has 25 heavy (non-hydrogen) atoms.